The van der Waals surface area contributed by atoms with Crippen molar-refractivity contribution < 1.29 is 4.79 Å². The highest BCUT2D eigenvalue weighted by atomic mass is 16.1. The number of likely N-dealkylation sites (tertiary alicyclic amines) is 1. The molecule has 0 unspecified atom stereocenters. The number of nitrogens with zero attached hydrogens (tertiary/aromatic N) is 1. The van der Waals surface area contributed by atoms with Gasteiger partial charge in [-0.25, -0.2) is 0 Å². The van der Waals surface area contributed by atoms with Gasteiger partial charge in [-0.2, -0.15) is 0 Å². The Balaban J connectivity index is 1.86. The van der Waals surface area contributed by atoms with Gasteiger partial charge in [0, 0.05) is 17.5 Å². The van der Waals surface area contributed by atoms with Gasteiger partial charge in [0.2, 0.25) is 0 Å². The minimum Gasteiger partial charge on any atom is -0.297 e. The van der Waals surface area contributed by atoms with E-state index in [1.165, 1.54) is 38.5 Å². The third-order valence-corrected chi connectivity index (χ3v) is 6.82. The monoisotopic (exact) mass is 305 g/mol. The van der Waals surface area contributed by atoms with Gasteiger partial charge in [-0.15, -0.1) is 0 Å². The van der Waals surface area contributed by atoms with Crippen LogP contribution < -0.4 is 0 Å². The molecule has 0 radical (unpaired) electrons. The van der Waals surface area contributed by atoms with Crippen molar-refractivity contribution in [3.8, 4) is 0 Å². The topological polar surface area (TPSA) is 20.3 Å². The molecule has 1 aliphatic heterocycles. The fourth-order valence-corrected chi connectivity index (χ4v) is 5.47. The Labute approximate surface area is 137 Å². The second-order valence-corrected chi connectivity index (χ2v) is 10.4. The van der Waals surface area contributed by atoms with Crippen LogP contribution in [0.5, 0.6) is 0 Å². The zero-order valence-corrected chi connectivity index (χ0v) is 15.6. The van der Waals surface area contributed by atoms with E-state index in [2.05, 4.69) is 46.4 Å². The highest BCUT2D eigenvalue weighted by molar-refractivity contribution is 5.89. The van der Waals surface area contributed by atoms with Crippen molar-refractivity contribution in [1.29, 1.82) is 0 Å². The number of carbonyl (C=O) groups is 1. The van der Waals surface area contributed by atoms with Crippen LogP contribution in [0, 0.1) is 16.2 Å². The lowest BCUT2D eigenvalue weighted by molar-refractivity contribution is -0.132. The number of ketones is 1. The van der Waals surface area contributed by atoms with Gasteiger partial charge in [0.05, 0.1) is 6.04 Å². The molecule has 2 spiro atoms. The second kappa shape index (κ2) is 4.82. The van der Waals surface area contributed by atoms with E-state index >= 15 is 0 Å². The van der Waals surface area contributed by atoms with Crippen LogP contribution in [0.25, 0.3) is 0 Å². The van der Waals surface area contributed by atoms with Crippen molar-refractivity contribution in [1.82, 2.24) is 4.90 Å². The van der Waals surface area contributed by atoms with E-state index in [0.717, 1.165) is 13.0 Å². The van der Waals surface area contributed by atoms with Gasteiger partial charge in [0.15, 0.2) is 5.78 Å². The highest BCUT2D eigenvalue weighted by Gasteiger charge is 2.71. The van der Waals surface area contributed by atoms with Gasteiger partial charge in [0.1, 0.15) is 0 Å². The minimum atomic E-state index is -0.228. The lowest BCUT2D eigenvalue weighted by Crippen LogP contribution is -2.50. The smallest absolute Gasteiger partial charge is 0.155 e. The molecule has 22 heavy (non-hydrogen) atoms. The SMILES string of the molecule is CC(C)(C)C(=O)[C@@H]1C[C@@]2(CN1C(C)(C)C)CC21CCCCC1. The second-order valence-electron chi connectivity index (χ2n) is 10.4. The molecule has 3 rings (SSSR count). The molecule has 2 aliphatic carbocycles. The molecule has 2 heteroatoms. The predicted octanol–water partition coefficient (Wildman–Crippen LogP) is 4.82. The summed E-state index contributed by atoms with van der Waals surface area (Å²) < 4.78 is 0. The summed E-state index contributed by atoms with van der Waals surface area (Å²) in [5.41, 5.74) is 0.926. The van der Waals surface area contributed by atoms with Crippen molar-refractivity contribution in [3.05, 3.63) is 0 Å². The highest BCUT2D eigenvalue weighted by Crippen LogP contribution is 2.75. The fourth-order valence-electron chi connectivity index (χ4n) is 5.47. The van der Waals surface area contributed by atoms with Crippen LogP contribution >= 0.6 is 0 Å². The van der Waals surface area contributed by atoms with Crippen molar-refractivity contribution in [2.75, 3.05) is 6.54 Å². The maximum absolute atomic E-state index is 13.1. The molecule has 2 nitrogen and oxygen atoms in total. The molecule has 1 heterocycles. The normalized spacial score (nSPS) is 35.3. The first kappa shape index (κ1) is 16.5. The summed E-state index contributed by atoms with van der Waals surface area (Å²) in [6, 6.07) is 0.140. The number of hydrogen-bond donors (Lipinski definition) is 0. The van der Waals surface area contributed by atoms with Gasteiger partial charge < -0.3 is 0 Å². The lowest BCUT2D eigenvalue weighted by atomic mass is 9.77. The van der Waals surface area contributed by atoms with E-state index in [-0.39, 0.29) is 17.0 Å². The van der Waals surface area contributed by atoms with Crippen LogP contribution in [-0.4, -0.2) is 28.8 Å². The van der Waals surface area contributed by atoms with E-state index < -0.39 is 0 Å². The van der Waals surface area contributed by atoms with Crippen molar-refractivity contribution in [2.24, 2.45) is 16.2 Å². The zero-order chi connectivity index (χ0) is 16.4. The average Bonchev–Trinajstić information content (AvgIpc) is 2.79. The lowest BCUT2D eigenvalue weighted by Gasteiger charge is -2.38. The molecule has 3 fully saturated rings. The summed E-state index contributed by atoms with van der Waals surface area (Å²) in [6.07, 6.45) is 9.60. The number of fused-ring (bicyclic) bond motifs is 1. The van der Waals surface area contributed by atoms with E-state index in [9.17, 15) is 4.79 Å². The van der Waals surface area contributed by atoms with Crippen LogP contribution in [0.3, 0.4) is 0 Å². The maximum Gasteiger partial charge on any atom is 0.155 e. The predicted molar refractivity (Wildman–Crippen MR) is 91.9 cm³/mol. The third-order valence-electron chi connectivity index (χ3n) is 6.82. The van der Waals surface area contributed by atoms with E-state index in [0.29, 0.717) is 16.6 Å². The number of hydrogen-bond acceptors (Lipinski definition) is 2. The van der Waals surface area contributed by atoms with Crippen molar-refractivity contribution in [3.63, 3.8) is 0 Å². The van der Waals surface area contributed by atoms with Gasteiger partial charge >= 0.3 is 0 Å². The van der Waals surface area contributed by atoms with E-state index in [1.807, 2.05) is 0 Å². The molecule has 0 amide bonds. The summed E-state index contributed by atoms with van der Waals surface area (Å²) in [5, 5.41) is 0. The largest absolute Gasteiger partial charge is 0.297 e. The van der Waals surface area contributed by atoms with Gasteiger partial charge in [0.25, 0.3) is 0 Å². The Hall–Kier alpha value is -0.370. The molecular formula is C20H35NO. The summed E-state index contributed by atoms with van der Waals surface area (Å²) >= 11 is 0. The molecule has 0 bridgehead atoms. The molecular weight excluding hydrogens is 270 g/mol. The molecule has 2 atom stereocenters. The summed E-state index contributed by atoms with van der Waals surface area (Å²) in [7, 11) is 0. The first-order valence-corrected chi connectivity index (χ1v) is 9.32. The number of rotatable bonds is 1. The molecule has 0 N–H and O–H groups in total. The summed E-state index contributed by atoms with van der Waals surface area (Å²) in [5.74, 6) is 0.456. The first-order valence-electron chi connectivity index (χ1n) is 9.32. The average molecular weight is 306 g/mol. The minimum absolute atomic E-state index is 0.0908. The Morgan fingerprint density at radius 2 is 1.55 bits per heavy atom. The molecule has 0 aromatic heterocycles. The van der Waals surface area contributed by atoms with Crippen LogP contribution in [0.2, 0.25) is 0 Å². The maximum atomic E-state index is 13.1. The van der Waals surface area contributed by atoms with E-state index in [1.54, 1.807) is 0 Å². The van der Waals surface area contributed by atoms with Crippen molar-refractivity contribution in [2.45, 2.75) is 98.1 Å². The first-order chi connectivity index (χ1) is 10.0. The van der Waals surface area contributed by atoms with Crippen LogP contribution in [0.15, 0.2) is 0 Å². The molecule has 0 aromatic rings. The van der Waals surface area contributed by atoms with Gasteiger partial charge in [-0.05, 0) is 57.3 Å². The molecule has 3 aliphatic rings. The van der Waals surface area contributed by atoms with Gasteiger partial charge in [-0.1, -0.05) is 40.0 Å². The Morgan fingerprint density at radius 3 is 2.05 bits per heavy atom. The van der Waals surface area contributed by atoms with Crippen LogP contribution in [-0.2, 0) is 4.79 Å². The summed E-state index contributed by atoms with van der Waals surface area (Å²) in [6.45, 7) is 14.3. The molecule has 1 saturated heterocycles. The van der Waals surface area contributed by atoms with Crippen molar-refractivity contribution >= 4 is 5.78 Å². The number of carbonyl (C=O) groups excluding carboxylic acids is 1. The quantitative estimate of drug-likeness (QED) is 0.692. The number of Topliss-reactive ketones (excluding diaryl/α,β-unsaturated/α-hetero) is 1. The molecule has 2 saturated carbocycles. The molecule has 126 valence electrons. The Kier molecular flexibility index (Phi) is 3.61. The van der Waals surface area contributed by atoms with E-state index in [4.69, 9.17) is 0 Å². The molecule has 0 aromatic carbocycles. The zero-order valence-electron chi connectivity index (χ0n) is 15.6. The fraction of sp³-hybridized carbons (Fsp3) is 0.950. The Bertz CT molecular complexity index is 461. The Morgan fingerprint density at radius 1 is 0.955 bits per heavy atom. The standard InChI is InChI=1S/C20H35NO/c1-17(2,3)16(22)15-12-20(14-21(15)18(4,5)6)13-19(20)10-8-7-9-11-19/h15H,7-14H2,1-6H3/t15-,20-/m0/s1. The van der Waals surface area contributed by atoms with Crippen LogP contribution in [0.4, 0.5) is 0 Å². The van der Waals surface area contributed by atoms with Gasteiger partial charge in [-0.3, -0.25) is 9.69 Å². The third kappa shape index (κ3) is 2.46. The summed E-state index contributed by atoms with van der Waals surface area (Å²) in [4.78, 5) is 15.6. The van der Waals surface area contributed by atoms with Crippen LogP contribution in [0.1, 0.15) is 86.5 Å².